The minimum atomic E-state index is -0.516. The molecule has 4 nitrogen and oxygen atoms in total. The van der Waals surface area contributed by atoms with Gasteiger partial charge in [0.15, 0.2) is 0 Å². The van der Waals surface area contributed by atoms with Crippen molar-refractivity contribution in [2.75, 3.05) is 13.1 Å². The van der Waals surface area contributed by atoms with Gasteiger partial charge in [0.05, 0.1) is 0 Å². The van der Waals surface area contributed by atoms with Gasteiger partial charge in [0.2, 0.25) is 5.91 Å². The van der Waals surface area contributed by atoms with Crippen molar-refractivity contribution in [2.24, 2.45) is 0 Å². The summed E-state index contributed by atoms with van der Waals surface area (Å²) in [5.74, 6) is -0.220. The van der Waals surface area contributed by atoms with Crippen LogP contribution in [0.2, 0.25) is 0 Å². The molecule has 0 aliphatic carbocycles. The molecular weight excluding hydrogens is 300 g/mol. The Hall–Kier alpha value is -1.84. The molecule has 2 amide bonds. The molecule has 1 N–H and O–H groups in total. The molecule has 0 saturated carbocycles. The number of carbonyl (C=O) groups excluding carboxylic acids is 2. The summed E-state index contributed by atoms with van der Waals surface area (Å²) in [6.07, 6.45) is 1.83. The molecular formula is C20H32N2O2. The van der Waals surface area contributed by atoms with Crippen LogP contribution in [0.15, 0.2) is 24.3 Å². The molecule has 0 radical (unpaired) electrons. The van der Waals surface area contributed by atoms with E-state index in [4.69, 9.17) is 0 Å². The number of hydrogen-bond donors (Lipinski definition) is 1. The van der Waals surface area contributed by atoms with E-state index in [1.807, 2.05) is 29.2 Å². The predicted molar refractivity (Wildman–Crippen MR) is 99.2 cm³/mol. The number of nitrogens with zero attached hydrogens (tertiary/aromatic N) is 1. The zero-order valence-electron chi connectivity index (χ0n) is 16.0. The Morgan fingerprint density at radius 3 is 1.96 bits per heavy atom. The first-order valence-corrected chi connectivity index (χ1v) is 8.90. The van der Waals surface area contributed by atoms with Crippen LogP contribution in [0.25, 0.3) is 0 Å². The minimum absolute atomic E-state index is 0.0154. The van der Waals surface area contributed by atoms with Gasteiger partial charge in [-0.05, 0) is 42.9 Å². The van der Waals surface area contributed by atoms with Crippen molar-refractivity contribution in [1.82, 2.24) is 10.2 Å². The van der Waals surface area contributed by atoms with Crippen molar-refractivity contribution < 1.29 is 9.59 Å². The summed E-state index contributed by atoms with van der Waals surface area (Å²) in [5.41, 5.74) is 1.82. The molecule has 0 aliphatic rings. The van der Waals surface area contributed by atoms with Crippen LogP contribution in [-0.2, 0) is 10.2 Å². The van der Waals surface area contributed by atoms with Crippen molar-refractivity contribution in [2.45, 2.75) is 65.8 Å². The van der Waals surface area contributed by atoms with Crippen LogP contribution in [0.3, 0.4) is 0 Å². The van der Waals surface area contributed by atoms with E-state index in [0.29, 0.717) is 5.56 Å². The van der Waals surface area contributed by atoms with Crippen molar-refractivity contribution in [1.29, 1.82) is 0 Å². The lowest BCUT2D eigenvalue weighted by molar-refractivity contribution is -0.132. The highest BCUT2D eigenvalue weighted by Gasteiger charge is 2.22. The van der Waals surface area contributed by atoms with Crippen LogP contribution in [0.1, 0.15) is 70.3 Å². The Bertz CT molecular complexity index is 538. The first-order chi connectivity index (χ1) is 11.2. The molecule has 1 rings (SSSR count). The lowest BCUT2D eigenvalue weighted by atomic mass is 9.86. The summed E-state index contributed by atoms with van der Waals surface area (Å²) >= 11 is 0. The van der Waals surface area contributed by atoms with Gasteiger partial charge in [-0.2, -0.15) is 0 Å². The fourth-order valence-corrected chi connectivity index (χ4v) is 2.61. The summed E-state index contributed by atoms with van der Waals surface area (Å²) < 4.78 is 0. The Balaban J connectivity index is 2.73. The average molecular weight is 332 g/mol. The maximum atomic E-state index is 12.5. The molecule has 1 unspecified atom stereocenters. The Morgan fingerprint density at radius 1 is 1.04 bits per heavy atom. The predicted octanol–water partition coefficient (Wildman–Crippen LogP) is 3.75. The van der Waals surface area contributed by atoms with Gasteiger partial charge in [0.25, 0.3) is 5.91 Å². The van der Waals surface area contributed by atoms with Crippen LogP contribution in [-0.4, -0.2) is 35.8 Å². The smallest absolute Gasteiger partial charge is 0.251 e. The number of amides is 2. The van der Waals surface area contributed by atoms with Gasteiger partial charge in [0.1, 0.15) is 6.04 Å². The van der Waals surface area contributed by atoms with E-state index in [1.165, 1.54) is 5.56 Å². The van der Waals surface area contributed by atoms with Crippen LogP contribution in [0, 0.1) is 0 Å². The highest BCUT2D eigenvalue weighted by molar-refractivity contribution is 5.97. The van der Waals surface area contributed by atoms with Crippen LogP contribution >= 0.6 is 0 Å². The van der Waals surface area contributed by atoms with Gasteiger partial charge in [-0.1, -0.05) is 46.8 Å². The molecule has 1 aromatic rings. The SMILES string of the molecule is CCCN(CCC)C(=O)C(C)NC(=O)c1ccc(C(C)(C)C)cc1. The van der Waals surface area contributed by atoms with Gasteiger partial charge in [-0.15, -0.1) is 0 Å². The number of rotatable bonds is 7. The zero-order chi connectivity index (χ0) is 18.3. The molecule has 24 heavy (non-hydrogen) atoms. The largest absolute Gasteiger partial charge is 0.341 e. The average Bonchev–Trinajstić information content (AvgIpc) is 2.53. The first kappa shape index (κ1) is 20.2. The highest BCUT2D eigenvalue weighted by Crippen LogP contribution is 2.22. The summed E-state index contributed by atoms with van der Waals surface area (Å²) in [5, 5.41) is 2.82. The molecule has 1 aromatic carbocycles. The third-order valence-electron chi connectivity index (χ3n) is 4.03. The molecule has 0 heterocycles. The standard InChI is InChI=1S/C20H32N2O2/c1-7-13-22(14-8-2)19(24)15(3)21-18(23)16-9-11-17(12-10-16)20(4,5)6/h9-12,15H,7-8,13-14H2,1-6H3,(H,21,23). The van der Waals surface area contributed by atoms with E-state index in [9.17, 15) is 9.59 Å². The van der Waals surface area contributed by atoms with E-state index < -0.39 is 6.04 Å². The van der Waals surface area contributed by atoms with Crippen LogP contribution in [0.4, 0.5) is 0 Å². The Morgan fingerprint density at radius 2 is 1.54 bits per heavy atom. The monoisotopic (exact) mass is 332 g/mol. The molecule has 134 valence electrons. The summed E-state index contributed by atoms with van der Waals surface area (Å²) in [6.45, 7) is 13.7. The summed E-state index contributed by atoms with van der Waals surface area (Å²) in [7, 11) is 0. The first-order valence-electron chi connectivity index (χ1n) is 8.90. The van der Waals surface area contributed by atoms with Crippen LogP contribution in [0.5, 0.6) is 0 Å². The second kappa shape index (κ2) is 8.86. The number of hydrogen-bond acceptors (Lipinski definition) is 2. The van der Waals surface area contributed by atoms with Gasteiger partial charge in [0, 0.05) is 18.7 Å². The third-order valence-corrected chi connectivity index (χ3v) is 4.03. The van der Waals surface area contributed by atoms with E-state index >= 15 is 0 Å². The fraction of sp³-hybridized carbons (Fsp3) is 0.600. The lowest BCUT2D eigenvalue weighted by Crippen LogP contribution is -2.47. The van der Waals surface area contributed by atoms with Crippen molar-refractivity contribution >= 4 is 11.8 Å². The van der Waals surface area contributed by atoms with Gasteiger partial charge in [-0.25, -0.2) is 0 Å². The van der Waals surface area contributed by atoms with Gasteiger partial charge < -0.3 is 10.2 Å². The van der Waals surface area contributed by atoms with Crippen molar-refractivity contribution in [3.05, 3.63) is 35.4 Å². The number of carbonyl (C=O) groups is 2. The minimum Gasteiger partial charge on any atom is -0.341 e. The summed E-state index contributed by atoms with van der Waals surface area (Å²) in [4.78, 5) is 26.7. The van der Waals surface area contributed by atoms with Crippen molar-refractivity contribution in [3.63, 3.8) is 0 Å². The summed E-state index contributed by atoms with van der Waals surface area (Å²) in [6, 6.07) is 7.08. The second-order valence-corrected chi connectivity index (χ2v) is 7.35. The number of benzene rings is 1. The highest BCUT2D eigenvalue weighted by atomic mass is 16.2. The number of nitrogens with one attached hydrogen (secondary N) is 1. The van der Waals surface area contributed by atoms with Gasteiger partial charge in [-0.3, -0.25) is 9.59 Å². The quantitative estimate of drug-likeness (QED) is 0.826. The van der Waals surface area contributed by atoms with Crippen LogP contribution < -0.4 is 5.32 Å². The van der Waals surface area contributed by atoms with E-state index in [2.05, 4.69) is 39.9 Å². The Kier molecular flexibility index (Phi) is 7.46. The molecule has 0 aromatic heterocycles. The lowest BCUT2D eigenvalue weighted by Gasteiger charge is -2.25. The maximum Gasteiger partial charge on any atom is 0.251 e. The second-order valence-electron chi connectivity index (χ2n) is 7.35. The van der Waals surface area contributed by atoms with Crippen molar-refractivity contribution in [3.8, 4) is 0 Å². The van der Waals surface area contributed by atoms with E-state index in [-0.39, 0.29) is 17.2 Å². The fourth-order valence-electron chi connectivity index (χ4n) is 2.61. The molecule has 0 fully saturated rings. The van der Waals surface area contributed by atoms with E-state index in [1.54, 1.807) is 6.92 Å². The third kappa shape index (κ3) is 5.66. The molecule has 0 aliphatic heterocycles. The zero-order valence-corrected chi connectivity index (χ0v) is 16.0. The normalized spacial score (nSPS) is 12.6. The molecule has 0 spiro atoms. The molecule has 0 bridgehead atoms. The topological polar surface area (TPSA) is 49.4 Å². The molecule has 4 heteroatoms. The van der Waals surface area contributed by atoms with Gasteiger partial charge >= 0.3 is 0 Å². The Labute approximate surface area is 146 Å². The molecule has 0 saturated heterocycles. The maximum absolute atomic E-state index is 12.5. The van der Waals surface area contributed by atoms with E-state index in [0.717, 1.165) is 25.9 Å². The molecule has 1 atom stereocenters.